The highest BCUT2D eigenvalue weighted by Gasteiger charge is 2.42. The zero-order chi connectivity index (χ0) is 19.0. The summed E-state index contributed by atoms with van der Waals surface area (Å²) in [4.78, 5) is 28.5. The van der Waals surface area contributed by atoms with Crippen molar-refractivity contribution < 1.29 is 14.3 Å². The summed E-state index contributed by atoms with van der Waals surface area (Å²) in [7, 11) is 0. The first-order chi connectivity index (χ1) is 12.3. The lowest BCUT2D eigenvalue weighted by atomic mass is 10.2. The summed E-state index contributed by atoms with van der Waals surface area (Å²) in [5.74, 6) is -0.538. The number of hydrogen-bond acceptors (Lipinski definition) is 5. The summed E-state index contributed by atoms with van der Waals surface area (Å²) >= 11 is 16.3. The van der Waals surface area contributed by atoms with E-state index in [-0.39, 0.29) is 30.4 Å². The van der Waals surface area contributed by atoms with Gasteiger partial charge in [-0.3, -0.25) is 9.59 Å². The molecule has 1 aromatic rings. The molecule has 9 heteroatoms. The highest BCUT2D eigenvalue weighted by Crippen LogP contribution is 2.36. The van der Waals surface area contributed by atoms with Gasteiger partial charge in [0, 0.05) is 24.0 Å². The Kier molecular flexibility index (Phi) is 6.29. The molecule has 2 heterocycles. The van der Waals surface area contributed by atoms with E-state index in [0.29, 0.717) is 28.1 Å². The Morgan fingerprint density at radius 1 is 1.31 bits per heavy atom. The fourth-order valence-electron chi connectivity index (χ4n) is 3.14. The van der Waals surface area contributed by atoms with E-state index in [1.165, 1.54) is 16.7 Å². The van der Waals surface area contributed by atoms with E-state index in [0.717, 1.165) is 4.47 Å². The van der Waals surface area contributed by atoms with Gasteiger partial charge < -0.3 is 9.64 Å². The van der Waals surface area contributed by atoms with Crippen molar-refractivity contribution in [2.45, 2.75) is 37.7 Å². The zero-order valence-corrected chi connectivity index (χ0v) is 18.3. The number of imide groups is 1. The predicted molar refractivity (Wildman–Crippen MR) is 112 cm³/mol. The van der Waals surface area contributed by atoms with Crippen molar-refractivity contribution in [1.82, 2.24) is 4.90 Å². The molecule has 0 spiro atoms. The third-order valence-corrected chi connectivity index (χ3v) is 6.63. The van der Waals surface area contributed by atoms with E-state index in [1.54, 1.807) is 18.2 Å². The van der Waals surface area contributed by atoms with Gasteiger partial charge in [0.2, 0.25) is 11.8 Å². The topological polar surface area (TPSA) is 49.9 Å². The maximum absolute atomic E-state index is 12.8. The number of amides is 2. The van der Waals surface area contributed by atoms with E-state index < -0.39 is 5.25 Å². The minimum Gasteiger partial charge on any atom is -0.372 e. The first kappa shape index (κ1) is 20.1. The van der Waals surface area contributed by atoms with E-state index in [2.05, 4.69) is 15.9 Å². The number of halogens is 2. The van der Waals surface area contributed by atoms with E-state index in [9.17, 15) is 9.59 Å². The Morgan fingerprint density at radius 2 is 1.96 bits per heavy atom. The summed E-state index contributed by atoms with van der Waals surface area (Å²) < 4.78 is 7.13. The molecule has 2 amide bonds. The summed E-state index contributed by atoms with van der Waals surface area (Å²) in [6.45, 7) is 5.37. The minimum atomic E-state index is -0.525. The van der Waals surface area contributed by atoms with E-state index in [4.69, 9.17) is 28.6 Å². The van der Waals surface area contributed by atoms with Crippen molar-refractivity contribution in [3.63, 3.8) is 0 Å². The van der Waals surface area contributed by atoms with Gasteiger partial charge in [0.05, 0.1) is 22.9 Å². The van der Waals surface area contributed by atoms with Gasteiger partial charge in [0.1, 0.15) is 9.57 Å². The Labute approximate surface area is 175 Å². The second-order valence-corrected chi connectivity index (χ2v) is 9.56. The second-order valence-electron chi connectivity index (χ2n) is 6.40. The maximum Gasteiger partial charge on any atom is 0.247 e. The van der Waals surface area contributed by atoms with Gasteiger partial charge in [-0.15, -0.1) is 0 Å². The molecule has 0 aliphatic carbocycles. The molecule has 2 aliphatic rings. The average molecular weight is 478 g/mol. The van der Waals surface area contributed by atoms with Gasteiger partial charge in [-0.2, -0.15) is 0 Å². The molecule has 5 nitrogen and oxygen atoms in total. The highest BCUT2D eigenvalue weighted by molar-refractivity contribution is 9.10. The Bertz CT molecular complexity index is 754. The smallest absolute Gasteiger partial charge is 0.247 e. The lowest BCUT2D eigenvalue weighted by Crippen LogP contribution is -2.47. The summed E-state index contributed by atoms with van der Waals surface area (Å²) in [6.07, 6.45) is 0.276. The first-order valence-electron chi connectivity index (χ1n) is 8.19. The minimum absolute atomic E-state index is 0.0799. The molecular formula is C17H18BrClN2O3S2. The van der Waals surface area contributed by atoms with Crippen molar-refractivity contribution in [2.75, 3.05) is 18.0 Å². The molecule has 0 bridgehead atoms. The number of thioether (sulfide) groups is 1. The van der Waals surface area contributed by atoms with Crippen molar-refractivity contribution in [3.05, 3.63) is 27.7 Å². The largest absolute Gasteiger partial charge is 0.372 e. The summed E-state index contributed by atoms with van der Waals surface area (Å²) in [5, 5.41) is -0.173. The molecule has 0 aromatic heterocycles. The molecule has 1 aromatic carbocycles. The monoisotopic (exact) mass is 476 g/mol. The number of nitrogens with zero attached hydrogens (tertiary/aromatic N) is 2. The second kappa shape index (κ2) is 8.14. The average Bonchev–Trinajstić information content (AvgIpc) is 2.81. The van der Waals surface area contributed by atoms with E-state index in [1.807, 2.05) is 18.7 Å². The number of hydrogen-bond donors (Lipinski definition) is 0. The Balaban J connectivity index is 1.71. The number of carbonyl (C=O) groups excluding carboxylic acids is 2. The third-order valence-electron chi connectivity index (χ3n) is 4.18. The molecule has 0 saturated carbocycles. The van der Waals surface area contributed by atoms with Crippen LogP contribution in [0, 0.1) is 0 Å². The predicted octanol–water partition coefficient (Wildman–Crippen LogP) is 3.86. The maximum atomic E-state index is 12.8. The van der Waals surface area contributed by atoms with E-state index >= 15 is 0 Å². The van der Waals surface area contributed by atoms with Gasteiger partial charge in [-0.25, -0.2) is 4.90 Å². The highest BCUT2D eigenvalue weighted by atomic mass is 79.9. The molecule has 2 saturated heterocycles. The third kappa shape index (κ3) is 4.25. The number of carbonyl (C=O) groups is 2. The summed E-state index contributed by atoms with van der Waals surface area (Å²) in [5.41, 5.74) is 0.410. The van der Waals surface area contributed by atoms with Crippen LogP contribution in [0.2, 0.25) is 5.02 Å². The molecule has 3 atom stereocenters. The zero-order valence-electron chi connectivity index (χ0n) is 14.3. The van der Waals surface area contributed by atoms with Gasteiger partial charge >= 0.3 is 0 Å². The van der Waals surface area contributed by atoms with Crippen molar-refractivity contribution in [2.24, 2.45) is 0 Å². The van der Waals surface area contributed by atoms with Crippen LogP contribution in [0.3, 0.4) is 0 Å². The van der Waals surface area contributed by atoms with Crippen molar-refractivity contribution in [3.8, 4) is 0 Å². The van der Waals surface area contributed by atoms with Gasteiger partial charge in [0.25, 0.3) is 0 Å². The Morgan fingerprint density at radius 3 is 2.58 bits per heavy atom. The number of anilines is 1. The lowest BCUT2D eigenvalue weighted by molar-refractivity contribution is -0.121. The van der Waals surface area contributed by atoms with Crippen LogP contribution < -0.4 is 4.90 Å². The van der Waals surface area contributed by atoms with Crippen molar-refractivity contribution in [1.29, 1.82) is 0 Å². The van der Waals surface area contributed by atoms with Crippen molar-refractivity contribution >= 4 is 73.3 Å². The number of morpholine rings is 1. The molecule has 26 heavy (non-hydrogen) atoms. The van der Waals surface area contributed by atoms with Crippen LogP contribution in [0.15, 0.2) is 22.7 Å². The van der Waals surface area contributed by atoms with Crippen LogP contribution in [0.4, 0.5) is 5.69 Å². The first-order valence-corrected chi connectivity index (χ1v) is 10.6. The van der Waals surface area contributed by atoms with Crippen LogP contribution in [0.5, 0.6) is 0 Å². The molecule has 3 rings (SSSR count). The molecule has 2 aliphatic heterocycles. The molecule has 2 fully saturated rings. The lowest BCUT2D eigenvalue weighted by Gasteiger charge is -2.36. The standard InChI is InChI=1S/C17H18BrClN2O3S2/c1-9-7-20(8-10(2)24-9)17(25)26-14-6-15(22)21(16(14)23)13-4-3-11(18)5-12(13)19/h3-5,9-10,14H,6-8H2,1-2H3/t9-,10-,14-/m1/s1. The van der Waals surface area contributed by atoms with Crippen LogP contribution in [-0.4, -0.2) is 51.6 Å². The van der Waals surface area contributed by atoms with Gasteiger partial charge in [0.15, 0.2) is 0 Å². The SMILES string of the molecule is C[C@@H]1CN(C(=S)S[C@@H]2CC(=O)N(c3ccc(Br)cc3Cl)C2=O)C[C@@H](C)O1. The number of thiocarbonyl (C=S) groups is 1. The van der Waals surface area contributed by atoms with Gasteiger partial charge in [-0.05, 0) is 32.0 Å². The van der Waals surface area contributed by atoms with Crippen LogP contribution in [0.25, 0.3) is 0 Å². The molecule has 0 N–H and O–H groups in total. The molecule has 0 unspecified atom stereocenters. The quantitative estimate of drug-likeness (QED) is 0.476. The summed E-state index contributed by atoms with van der Waals surface area (Å²) in [6, 6.07) is 5.08. The van der Waals surface area contributed by atoms with Gasteiger partial charge in [-0.1, -0.05) is 51.5 Å². The molecule has 0 radical (unpaired) electrons. The fraction of sp³-hybridized carbons (Fsp3) is 0.471. The Hall–Kier alpha value is -0.670. The van der Waals surface area contributed by atoms with Crippen LogP contribution >= 0.6 is 51.5 Å². The van der Waals surface area contributed by atoms with Crippen LogP contribution in [-0.2, 0) is 14.3 Å². The number of rotatable bonds is 2. The van der Waals surface area contributed by atoms with Crippen LogP contribution in [0.1, 0.15) is 20.3 Å². The number of benzene rings is 1. The normalized spacial score (nSPS) is 26.5. The number of ether oxygens (including phenoxy) is 1. The molecular weight excluding hydrogens is 460 g/mol. The fourth-order valence-corrected chi connectivity index (χ4v) is 5.36. The molecule has 140 valence electrons.